The van der Waals surface area contributed by atoms with Crippen LogP contribution >= 0.6 is 0 Å². The number of esters is 3. The molecule has 0 saturated carbocycles. The van der Waals surface area contributed by atoms with Gasteiger partial charge in [0.15, 0.2) is 6.10 Å². The second kappa shape index (κ2) is 71.3. The smallest absolute Gasteiger partial charge is 0.306 e. The number of carbonyl (C=O) groups is 3. The molecule has 6 nitrogen and oxygen atoms in total. The molecule has 1 unspecified atom stereocenters. The number of rotatable bonds is 67. The van der Waals surface area contributed by atoms with Gasteiger partial charge in [-0.2, -0.15) is 0 Å². The van der Waals surface area contributed by atoms with E-state index in [0.717, 1.165) is 89.9 Å². The standard InChI is InChI=1S/C77H138O6/c1-4-7-10-13-16-19-21-23-25-27-29-31-33-34-35-36-37-38-39-40-41-42-44-45-47-49-51-53-55-58-61-64-67-70-76(79)82-73-74(72-81-75(78)69-66-63-60-57-18-15-12-9-6-3)83-77(80)71-68-65-62-59-56-54-52-50-48-46-43-32-30-28-26-24-22-20-17-14-11-8-5-2/h21-24,27-30,33-34,43,46,74H,4-20,25-26,31-32,35-42,44-45,47-73H2,1-3H3/b23-21-,24-22-,29-27-,30-28-,34-33-,46-43-. The zero-order valence-electron chi connectivity index (χ0n) is 55.5. The molecule has 482 valence electrons. The highest BCUT2D eigenvalue weighted by molar-refractivity contribution is 5.71. The Morgan fingerprint density at radius 3 is 0.675 bits per heavy atom. The number of hydrogen-bond acceptors (Lipinski definition) is 6. The largest absolute Gasteiger partial charge is 0.462 e. The van der Waals surface area contributed by atoms with Crippen LogP contribution in [0.3, 0.4) is 0 Å². The summed E-state index contributed by atoms with van der Waals surface area (Å²) < 4.78 is 16.9. The van der Waals surface area contributed by atoms with Crippen molar-refractivity contribution in [3.05, 3.63) is 72.9 Å². The fourth-order valence-corrected chi connectivity index (χ4v) is 10.7. The lowest BCUT2D eigenvalue weighted by Gasteiger charge is -2.18. The molecule has 0 aromatic rings. The van der Waals surface area contributed by atoms with E-state index in [2.05, 4.69) is 93.7 Å². The lowest BCUT2D eigenvalue weighted by molar-refractivity contribution is -0.167. The zero-order chi connectivity index (χ0) is 59.9. The monoisotopic (exact) mass is 1160 g/mol. The highest BCUT2D eigenvalue weighted by atomic mass is 16.6. The molecule has 0 spiro atoms. The van der Waals surface area contributed by atoms with Crippen molar-refractivity contribution in [1.82, 2.24) is 0 Å². The fourth-order valence-electron chi connectivity index (χ4n) is 10.7. The molecule has 0 bridgehead atoms. The zero-order valence-corrected chi connectivity index (χ0v) is 55.5. The van der Waals surface area contributed by atoms with E-state index in [-0.39, 0.29) is 31.1 Å². The molecule has 0 amide bonds. The maximum absolute atomic E-state index is 12.9. The number of carbonyl (C=O) groups excluding carboxylic acids is 3. The first-order valence-electron chi connectivity index (χ1n) is 36.4. The van der Waals surface area contributed by atoms with Crippen LogP contribution in [0.25, 0.3) is 0 Å². The van der Waals surface area contributed by atoms with Gasteiger partial charge < -0.3 is 14.2 Å². The van der Waals surface area contributed by atoms with Gasteiger partial charge in [0.2, 0.25) is 0 Å². The summed E-state index contributed by atoms with van der Waals surface area (Å²) in [5, 5.41) is 0. The molecular formula is C77H138O6. The van der Waals surface area contributed by atoms with Gasteiger partial charge in [-0.05, 0) is 96.3 Å². The average Bonchev–Trinajstić information content (AvgIpc) is 3.49. The average molecular weight is 1160 g/mol. The molecule has 0 fully saturated rings. The lowest BCUT2D eigenvalue weighted by Crippen LogP contribution is -2.30. The Labute approximate surface area is 516 Å². The van der Waals surface area contributed by atoms with Crippen LogP contribution in [0.5, 0.6) is 0 Å². The number of hydrogen-bond donors (Lipinski definition) is 0. The maximum atomic E-state index is 12.9. The molecule has 6 heteroatoms. The Balaban J connectivity index is 4.10. The van der Waals surface area contributed by atoms with E-state index in [9.17, 15) is 14.4 Å². The van der Waals surface area contributed by atoms with Crippen LogP contribution in [0.2, 0.25) is 0 Å². The van der Waals surface area contributed by atoms with Gasteiger partial charge in [0.05, 0.1) is 0 Å². The third-order valence-corrected chi connectivity index (χ3v) is 16.2. The summed E-state index contributed by atoms with van der Waals surface area (Å²) in [6.45, 7) is 6.64. The van der Waals surface area contributed by atoms with Gasteiger partial charge in [-0.15, -0.1) is 0 Å². The molecule has 0 aliphatic heterocycles. The van der Waals surface area contributed by atoms with E-state index < -0.39 is 6.10 Å². The van der Waals surface area contributed by atoms with Crippen molar-refractivity contribution in [1.29, 1.82) is 0 Å². The van der Waals surface area contributed by atoms with Crippen LogP contribution in [0.4, 0.5) is 0 Å². The van der Waals surface area contributed by atoms with E-state index in [4.69, 9.17) is 14.2 Å². The van der Waals surface area contributed by atoms with Crippen LogP contribution < -0.4 is 0 Å². The van der Waals surface area contributed by atoms with Crippen molar-refractivity contribution in [3.63, 3.8) is 0 Å². The highest BCUT2D eigenvalue weighted by Gasteiger charge is 2.19. The van der Waals surface area contributed by atoms with Crippen molar-refractivity contribution in [3.8, 4) is 0 Å². The first-order valence-corrected chi connectivity index (χ1v) is 36.4. The third kappa shape index (κ3) is 69.5. The van der Waals surface area contributed by atoms with Gasteiger partial charge in [-0.25, -0.2) is 0 Å². The van der Waals surface area contributed by atoms with Crippen LogP contribution in [-0.4, -0.2) is 37.2 Å². The molecule has 0 rings (SSSR count). The van der Waals surface area contributed by atoms with Crippen molar-refractivity contribution >= 4 is 17.9 Å². The maximum Gasteiger partial charge on any atom is 0.306 e. The molecule has 0 radical (unpaired) electrons. The predicted molar refractivity (Wildman–Crippen MR) is 362 cm³/mol. The van der Waals surface area contributed by atoms with Gasteiger partial charge in [-0.1, -0.05) is 338 Å². The minimum absolute atomic E-state index is 0.0739. The minimum atomic E-state index is -0.777. The summed E-state index contributed by atoms with van der Waals surface area (Å²) in [6.07, 6.45) is 93.8. The Morgan fingerprint density at radius 2 is 0.434 bits per heavy atom. The van der Waals surface area contributed by atoms with E-state index in [1.165, 1.54) is 250 Å². The molecule has 0 aromatic heterocycles. The van der Waals surface area contributed by atoms with Crippen molar-refractivity contribution in [2.45, 2.75) is 386 Å². The first-order chi connectivity index (χ1) is 41.0. The summed E-state index contributed by atoms with van der Waals surface area (Å²) in [7, 11) is 0. The Bertz CT molecular complexity index is 1520. The van der Waals surface area contributed by atoms with Crippen molar-refractivity contribution in [2.24, 2.45) is 0 Å². The SMILES string of the molecule is CCCCCCC/C=C\C/C=C\C/C=C\CCCCCCCCCCCCCCCCCCCCC(=O)OCC(COC(=O)CCCCCCCCCCC)OC(=O)CCCCCCCCCC/C=C\C/C=C\C/C=C\CCCCCCC. The van der Waals surface area contributed by atoms with Crippen LogP contribution in [-0.2, 0) is 28.6 Å². The van der Waals surface area contributed by atoms with Gasteiger partial charge >= 0.3 is 17.9 Å². The molecule has 0 aromatic carbocycles. The molecule has 0 saturated heterocycles. The van der Waals surface area contributed by atoms with Crippen LogP contribution in [0.15, 0.2) is 72.9 Å². The highest BCUT2D eigenvalue weighted by Crippen LogP contribution is 2.18. The Hall–Kier alpha value is -3.15. The predicted octanol–water partition coefficient (Wildman–Crippen LogP) is 25.2. The molecular weight excluding hydrogens is 1020 g/mol. The molecule has 0 aliphatic rings. The topological polar surface area (TPSA) is 78.9 Å². The van der Waals surface area contributed by atoms with Crippen LogP contribution in [0, 0.1) is 0 Å². The van der Waals surface area contributed by atoms with Gasteiger partial charge in [0.25, 0.3) is 0 Å². The molecule has 1 atom stereocenters. The molecule has 0 N–H and O–H groups in total. The molecule has 83 heavy (non-hydrogen) atoms. The fraction of sp³-hybridized carbons (Fsp3) is 0.805. The van der Waals surface area contributed by atoms with E-state index in [1.807, 2.05) is 0 Å². The van der Waals surface area contributed by atoms with Gasteiger partial charge in [-0.3, -0.25) is 14.4 Å². The summed E-state index contributed by atoms with van der Waals surface area (Å²) in [5.41, 5.74) is 0. The van der Waals surface area contributed by atoms with E-state index >= 15 is 0 Å². The summed E-state index contributed by atoms with van der Waals surface area (Å²) in [4.78, 5) is 38.3. The molecule has 0 aliphatic carbocycles. The van der Waals surface area contributed by atoms with E-state index in [1.54, 1.807) is 0 Å². The number of unbranched alkanes of at least 4 members (excludes halogenated alkanes) is 44. The van der Waals surface area contributed by atoms with Gasteiger partial charge in [0.1, 0.15) is 13.2 Å². The van der Waals surface area contributed by atoms with E-state index in [0.29, 0.717) is 19.3 Å². The summed E-state index contributed by atoms with van der Waals surface area (Å²) >= 11 is 0. The molecule has 0 heterocycles. The van der Waals surface area contributed by atoms with Gasteiger partial charge in [0, 0.05) is 19.3 Å². The second-order valence-electron chi connectivity index (χ2n) is 24.5. The quantitative estimate of drug-likeness (QED) is 0.0261. The lowest BCUT2D eigenvalue weighted by atomic mass is 10.0. The Morgan fingerprint density at radius 1 is 0.241 bits per heavy atom. The van der Waals surface area contributed by atoms with Crippen LogP contribution in [0.1, 0.15) is 380 Å². The van der Waals surface area contributed by atoms with Crippen molar-refractivity contribution < 1.29 is 28.6 Å². The normalized spacial score (nSPS) is 12.5. The number of ether oxygens (including phenoxy) is 3. The summed E-state index contributed by atoms with van der Waals surface area (Å²) in [5.74, 6) is -0.863. The third-order valence-electron chi connectivity index (χ3n) is 16.2. The minimum Gasteiger partial charge on any atom is -0.462 e. The first kappa shape index (κ1) is 79.8. The Kier molecular flexibility index (Phi) is 68.6. The second-order valence-corrected chi connectivity index (χ2v) is 24.5. The van der Waals surface area contributed by atoms with Crippen molar-refractivity contribution in [2.75, 3.05) is 13.2 Å². The number of allylic oxidation sites excluding steroid dienone is 12. The summed E-state index contributed by atoms with van der Waals surface area (Å²) in [6, 6.07) is 0.